The van der Waals surface area contributed by atoms with E-state index in [1.54, 1.807) is 30.2 Å². The number of rotatable bonds is 2. The second-order valence-corrected chi connectivity index (χ2v) is 5.27. The highest BCUT2D eigenvalue weighted by molar-refractivity contribution is 5.95. The van der Waals surface area contributed by atoms with Gasteiger partial charge in [-0.3, -0.25) is 4.79 Å². The van der Waals surface area contributed by atoms with E-state index in [1.165, 1.54) is 0 Å². The van der Waals surface area contributed by atoms with Crippen LogP contribution in [0.4, 0.5) is 5.82 Å². The van der Waals surface area contributed by atoms with Crippen LogP contribution >= 0.6 is 0 Å². The zero-order chi connectivity index (χ0) is 13.3. The van der Waals surface area contributed by atoms with E-state index in [9.17, 15) is 9.90 Å². The molecule has 1 fully saturated rings. The molecule has 1 saturated heterocycles. The van der Waals surface area contributed by atoms with Crippen molar-refractivity contribution in [3.05, 3.63) is 23.9 Å². The number of anilines is 1. The van der Waals surface area contributed by atoms with Crippen LogP contribution in [0, 0.1) is 0 Å². The molecule has 0 saturated carbocycles. The van der Waals surface area contributed by atoms with Crippen molar-refractivity contribution in [1.82, 2.24) is 9.88 Å². The van der Waals surface area contributed by atoms with Crippen LogP contribution in [0.25, 0.3) is 0 Å². The van der Waals surface area contributed by atoms with E-state index < -0.39 is 5.60 Å². The Bertz CT molecular complexity index is 457. The third kappa shape index (κ3) is 2.61. The number of β-amino-alcohol motifs (C(OH)–C–C–N with tert-alkyl or cyclic N) is 1. The molecule has 1 unspecified atom stereocenters. The van der Waals surface area contributed by atoms with Gasteiger partial charge in [0.05, 0.1) is 5.60 Å². The minimum Gasteiger partial charge on any atom is -0.388 e. The maximum atomic E-state index is 12.3. The fourth-order valence-electron chi connectivity index (χ4n) is 2.10. The third-order valence-electron chi connectivity index (χ3n) is 3.19. The van der Waals surface area contributed by atoms with E-state index >= 15 is 0 Å². The molecule has 5 nitrogen and oxygen atoms in total. The number of aromatic nitrogens is 1. The van der Waals surface area contributed by atoms with E-state index in [0.717, 1.165) is 5.82 Å². The zero-order valence-corrected chi connectivity index (χ0v) is 11.1. The maximum Gasteiger partial charge on any atom is 0.254 e. The number of pyridine rings is 1. The number of carbonyl (C=O) groups excluding carboxylic acids is 1. The van der Waals surface area contributed by atoms with Crippen LogP contribution in [0.2, 0.25) is 0 Å². The van der Waals surface area contributed by atoms with Gasteiger partial charge < -0.3 is 14.9 Å². The summed E-state index contributed by atoms with van der Waals surface area (Å²) < 4.78 is 0. The first-order valence-corrected chi connectivity index (χ1v) is 6.04. The summed E-state index contributed by atoms with van der Waals surface area (Å²) >= 11 is 0. The van der Waals surface area contributed by atoms with Crippen LogP contribution in [0.1, 0.15) is 23.7 Å². The minimum absolute atomic E-state index is 0.0433. The first-order valence-electron chi connectivity index (χ1n) is 6.04. The minimum atomic E-state index is -0.757. The van der Waals surface area contributed by atoms with Gasteiger partial charge in [-0.2, -0.15) is 0 Å². The summed E-state index contributed by atoms with van der Waals surface area (Å²) in [5, 5.41) is 9.89. The number of hydrogen-bond donors (Lipinski definition) is 1. The van der Waals surface area contributed by atoms with Crippen LogP contribution < -0.4 is 4.90 Å². The van der Waals surface area contributed by atoms with Crippen molar-refractivity contribution < 1.29 is 9.90 Å². The first kappa shape index (κ1) is 12.8. The fourth-order valence-corrected chi connectivity index (χ4v) is 2.10. The average Bonchev–Trinajstić information content (AvgIpc) is 2.69. The van der Waals surface area contributed by atoms with Crippen LogP contribution in [0.3, 0.4) is 0 Å². The van der Waals surface area contributed by atoms with E-state index in [-0.39, 0.29) is 5.91 Å². The monoisotopic (exact) mass is 249 g/mol. The first-order chi connectivity index (χ1) is 8.39. The molecule has 1 amide bonds. The van der Waals surface area contributed by atoms with Crippen LogP contribution in [-0.4, -0.2) is 53.7 Å². The fraction of sp³-hybridized carbons (Fsp3) is 0.538. The van der Waals surface area contributed by atoms with Gasteiger partial charge in [0.1, 0.15) is 5.82 Å². The molecule has 98 valence electrons. The summed E-state index contributed by atoms with van der Waals surface area (Å²) in [6, 6.07) is 3.48. The second kappa shape index (κ2) is 4.57. The largest absolute Gasteiger partial charge is 0.388 e. The van der Waals surface area contributed by atoms with Crippen molar-refractivity contribution in [1.29, 1.82) is 0 Å². The van der Waals surface area contributed by atoms with Crippen LogP contribution in [0.15, 0.2) is 18.3 Å². The van der Waals surface area contributed by atoms with E-state index in [0.29, 0.717) is 25.1 Å². The average molecular weight is 249 g/mol. The summed E-state index contributed by atoms with van der Waals surface area (Å²) in [5.41, 5.74) is -0.140. The molecule has 1 N–H and O–H groups in total. The Balaban J connectivity index is 2.17. The Hall–Kier alpha value is -1.62. The molecule has 0 radical (unpaired) electrons. The lowest BCUT2D eigenvalue weighted by atomic mass is 10.1. The van der Waals surface area contributed by atoms with Crippen LogP contribution in [0.5, 0.6) is 0 Å². The summed E-state index contributed by atoms with van der Waals surface area (Å²) in [7, 11) is 3.77. The molecule has 18 heavy (non-hydrogen) atoms. The van der Waals surface area contributed by atoms with Gasteiger partial charge in [0.15, 0.2) is 0 Å². The third-order valence-corrected chi connectivity index (χ3v) is 3.19. The number of carbonyl (C=O) groups is 1. The Morgan fingerprint density at radius 1 is 1.56 bits per heavy atom. The number of amides is 1. The van der Waals surface area contributed by atoms with Crippen molar-refractivity contribution >= 4 is 11.7 Å². The van der Waals surface area contributed by atoms with Crippen molar-refractivity contribution in [2.75, 3.05) is 32.1 Å². The van der Waals surface area contributed by atoms with Crippen molar-refractivity contribution in [2.24, 2.45) is 0 Å². The summed E-state index contributed by atoms with van der Waals surface area (Å²) in [6.07, 6.45) is 2.27. The molecule has 0 aliphatic carbocycles. The molecule has 1 aromatic heterocycles. The van der Waals surface area contributed by atoms with Crippen molar-refractivity contribution in [3.63, 3.8) is 0 Å². The van der Waals surface area contributed by atoms with Gasteiger partial charge >= 0.3 is 0 Å². The zero-order valence-electron chi connectivity index (χ0n) is 11.1. The normalized spacial score (nSPS) is 23.2. The standard InChI is InChI=1S/C13H19N3O2/c1-13(18)5-7-16(9-13)12(17)10-4-6-14-11(8-10)15(2)3/h4,6,8,18H,5,7,9H2,1-3H3. The van der Waals surface area contributed by atoms with Gasteiger partial charge in [-0.05, 0) is 25.5 Å². The Labute approximate surface area is 107 Å². The highest BCUT2D eigenvalue weighted by atomic mass is 16.3. The second-order valence-electron chi connectivity index (χ2n) is 5.27. The van der Waals surface area contributed by atoms with Gasteiger partial charge in [0, 0.05) is 38.9 Å². The van der Waals surface area contributed by atoms with Crippen molar-refractivity contribution in [3.8, 4) is 0 Å². The molecule has 0 spiro atoms. The predicted molar refractivity (Wildman–Crippen MR) is 69.7 cm³/mol. The molecule has 1 aliphatic rings. The lowest BCUT2D eigenvalue weighted by Gasteiger charge is -2.19. The predicted octanol–water partition coefficient (Wildman–Crippen LogP) is 0.744. The molecule has 2 heterocycles. The summed E-state index contributed by atoms with van der Waals surface area (Å²) in [6.45, 7) is 2.76. The topological polar surface area (TPSA) is 56.7 Å². The number of likely N-dealkylation sites (tertiary alicyclic amines) is 1. The SMILES string of the molecule is CN(C)c1cc(C(=O)N2CCC(C)(O)C2)ccn1. The lowest BCUT2D eigenvalue weighted by molar-refractivity contribution is 0.0572. The highest BCUT2D eigenvalue weighted by Gasteiger charge is 2.34. The van der Waals surface area contributed by atoms with E-state index in [1.807, 2.05) is 19.0 Å². The molecule has 0 bridgehead atoms. The van der Waals surface area contributed by atoms with E-state index in [4.69, 9.17) is 0 Å². The number of aliphatic hydroxyl groups is 1. The highest BCUT2D eigenvalue weighted by Crippen LogP contribution is 2.22. The molecular weight excluding hydrogens is 230 g/mol. The molecule has 0 aromatic carbocycles. The smallest absolute Gasteiger partial charge is 0.254 e. The van der Waals surface area contributed by atoms with Gasteiger partial charge in [-0.25, -0.2) is 4.98 Å². The van der Waals surface area contributed by atoms with Crippen molar-refractivity contribution in [2.45, 2.75) is 18.9 Å². The maximum absolute atomic E-state index is 12.3. The van der Waals surface area contributed by atoms with E-state index in [2.05, 4.69) is 4.98 Å². The Morgan fingerprint density at radius 3 is 2.83 bits per heavy atom. The molecule has 1 aromatic rings. The Morgan fingerprint density at radius 2 is 2.28 bits per heavy atom. The number of hydrogen-bond acceptors (Lipinski definition) is 4. The molecule has 1 aliphatic heterocycles. The van der Waals surface area contributed by atoms with Gasteiger partial charge in [-0.1, -0.05) is 0 Å². The molecule has 2 rings (SSSR count). The van der Waals surface area contributed by atoms with Crippen LogP contribution in [-0.2, 0) is 0 Å². The Kier molecular flexibility index (Phi) is 3.26. The quantitative estimate of drug-likeness (QED) is 0.840. The molecule has 5 heteroatoms. The van der Waals surface area contributed by atoms with Gasteiger partial charge in [0.25, 0.3) is 5.91 Å². The molecule has 1 atom stereocenters. The lowest BCUT2D eigenvalue weighted by Crippen LogP contribution is -2.34. The van der Waals surface area contributed by atoms with Gasteiger partial charge in [-0.15, -0.1) is 0 Å². The molecular formula is C13H19N3O2. The summed E-state index contributed by atoms with van der Waals surface area (Å²) in [4.78, 5) is 20.0. The van der Waals surface area contributed by atoms with Gasteiger partial charge in [0.2, 0.25) is 0 Å². The number of nitrogens with zero attached hydrogens (tertiary/aromatic N) is 3. The summed E-state index contributed by atoms with van der Waals surface area (Å²) in [5.74, 6) is 0.713.